The van der Waals surface area contributed by atoms with Gasteiger partial charge in [-0.3, -0.25) is 5.41 Å². The van der Waals surface area contributed by atoms with Crippen molar-refractivity contribution >= 4 is 23.0 Å². The summed E-state index contributed by atoms with van der Waals surface area (Å²) in [6.45, 7) is 1.85. The summed E-state index contributed by atoms with van der Waals surface area (Å²) in [4.78, 5) is 0. The number of nitrogens with one attached hydrogen (secondary N) is 1. The number of ether oxygens (including phenoxy) is 1. The standard InChI is InChI=1S/C11H12F2N2OS/c1-2-16-10-8(12)5-7(6-9(10)13)3-4-17-11(14)15/h3-6H,2H2,1H3,(H3,14,15)/b4-3+. The summed E-state index contributed by atoms with van der Waals surface area (Å²) < 4.78 is 31.7. The fourth-order valence-corrected chi connectivity index (χ4v) is 1.52. The highest BCUT2D eigenvalue weighted by Crippen LogP contribution is 2.24. The van der Waals surface area contributed by atoms with Crippen LogP contribution in [0.15, 0.2) is 17.5 Å². The molecule has 1 aromatic carbocycles. The fourth-order valence-electron chi connectivity index (χ4n) is 1.14. The number of halogens is 2. The number of nitrogens with two attached hydrogens (primary N) is 1. The lowest BCUT2D eigenvalue weighted by atomic mass is 10.2. The maximum Gasteiger partial charge on any atom is 0.190 e. The Morgan fingerprint density at radius 1 is 1.47 bits per heavy atom. The lowest BCUT2D eigenvalue weighted by molar-refractivity contribution is 0.302. The Hall–Kier alpha value is -1.56. The van der Waals surface area contributed by atoms with Gasteiger partial charge in [-0.05, 0) is 36.1 Å². The lowest BCUT2D eigenvalue weighted by Crippen LogP contribution is -2.01. The smallest absolute Gasteiger partial charge is 0.190 e. The predicted octanol–water partition coefficient (Wildman–Crippen LogP) is 2.96. The monoisotopic (exact) mass is 258 g/mol. The van der Waals surface area contributed by atoms with Crippen LogP contribution in [0.1, 0.15) is 12.5 Å². The molecule has 1 aromatic rings. The number of thioether (sulfide) groups is 1. The van der Waals surface area contributed by atoms with Crippen molar-refractivity contribution in [2.75, 3.05) is 6.61 Å². The van der Waals surface area contributed by atoms with Crippen LogP contribution < -0.4 is 10.5 Å². The summed E-state index contributed by atoms with van der Waals surface area (Å²) in [5.41, 5.74) is 5.45. The number of amidine groups is 1. The van der Waals surface area contributed by atoms with Gasteiger partial charge in [0, 0.05) is 0 Å². The van der Waals surface area contributed by atoms with Crippen molar-refractivity contribution in [3.05, 3.63) is 34.7 Å². The van der Waals surface area contributed by atoms with E-state index in [1.165, 1.54) is 11.5 Å². The fraction of sp³-hybridized carbons (Fsp3) is 0.182. The molecule has 0 atom stereocenters. The van der Waals surface area contributed by atoms with E-state index in [9.17, 15) is 8.78 Å². The second-order valence-corrected chi connectivity index (χ2v) is 3.98. The topological polar surface area (TPSA) is 59.1 Å². The minimum atomic E-state index is -0.751. The molecule has 0 aliphatic rings. The summed E-state index contributed by atoms with van der Waals surface area (Å²) >= 11 is 0.957. The molecule has 0 saturated heterocycles. The molecular weight excluding hydrogens is 246 g/mol. The highest BCUT2D eigenvalue weighted by molar-refractivity contribution is 8.16. The largest absolute Gasteiger partial charge is 0.488 e. The predicted molar refractivity (Wildman–Crippen MR) is 66.1 cm³/mol. The molecule has 17 heavy (non-hydrogen) atoms. The first kappa shape index (κ1) is 13.5. The minimum Gasteiger partial charge on any atom is -0.488 e. The van der Waals surface area contributed by atoms with Gasteiger partial charge in [0.25, 0.3) is 0 Å². The van der Waals surface area contributed by atoms with Crippen molar-refractivity contribution in [3.63, 3.8) is 0 Å². The molecule has 0 aromatic heterocycles. The molecular formula is C11H12F2N2OS. The molecule has 0 amide bonds. The van der Waals surface area contributed by atoms with E-state index in [1.54, 1.807) is 6.92 Å². The SMILES string of the molecule is CCOc1c(F)cc(/C=C/SC(=N)N)cc1F. The summed E-state index contributed by atoms with van der Waals surface area (Å²) in [5, 5.41) is 8.35. The average Bonchev–Trinajstić information content (AvgIpc) is 2.23. The van der Waals surface area contributed by atoms with Crippen molar-refractivity contribution < 1.29 is 13.5 Å². The minimum absolute atomic E-state index is 0.0897. The molecule has 0 aliphatic carbocycles. The number of benzene rings is 1. The van der Waals surface area contributed by atoms with Gasteiger partial charge in [-0.15, -0.1) is 0 Å². The first-order valence-corrected chi connectivity index (χ1v) is 5.71. The van der Waals surface area contributed by atoms with Gasteiger partial charge in [-0.1, -0.05) is 11.8 Å². The highest BCUT2D eigenvalue weighted by Gasteiger charge is 2.10. The van der Waals surface area contributed by atoms with Crippen LogP contribution >= 0.6 is 11.8 Å². The molecule has 3 nitrogen and oxygen atoms in total. The lowest BCUT2D eigenvalue weighted by Gasteiger charge is -2.06. The normalized spacial score (nSPS) is 10.8. The van der Waals surface area contributed by atoms with Crippen LogP contribution in [0, 0.1) is 17.0 Å². The molecule has 92 valence electrons. The first-order valence-electron chi connectivity index (χ1n) is 4.83. The van der Waals surface area contributed by atoms with E-state index < -0.39 is 11.6 Å². The van der Waals surface area contributed by atoms with Gasteiger partial charge in [-0.25, -0.2) is 8.78 Å². The third-order valence-electron chi connectivity index (χ3n) is 1.76. The molecule has 0 bridgehead atoms. The molecule has 0 unspecified atom stereocenters. The molecule has 0 radical (unpaired) electrons. The molecule has 0 heterocycles. The molecule has 0 saturated carbocycles. The molecule has 0 fully saturated rings. The van der Waals surface area contributed by atoms with Gasteiger partial charge in [0.05, 0.1) is 6.61 Å². The molecule has 3 N–H and O–H groups in total. The first-order chi connectivity index (χ1) is 8.04. The molecule has 1 rings (SSSR count). The van der Waals surface area contributed by atoms with Crippen LogP contribution in [-0.4, -0.2) is 11.8 Å². The van der Waals surface area contributed by atoms with Gasteiger partial charge < -0.3 is 10.5 Å². The Labute approximate surface area is 102 Å². The Kier molecular flexibility index (Phi) is 4.96. The van der Waals surface area contributed by atoms with Gasteiger partial charge in [0.2, 0.25) is 0 Å². The van der Waals surface area contributed by atoms with Crippen LogP contribution in [0.25, 0.3) is 6.08 Å². The Balaban J connectivity index is 2.90. The summed E-state index contributed by atoms with van der Waals surface area (Å²) in [6.07, 6.45) is 1.47. The van der Waals surface area contributed by atoms with Gasteiger partial charge in [0.1, 0.15) is 0 Å². The van der Waals surface area contributed by atoms with Crippen molar-refractivity contribution in [2.24, 2.45) is 5.73 Å². The van der Waals surface area contributed by atoms with E-state index >= 15 is 0 Å². The van der Waals surface area contributed by atoms with Crippen LogP contribution in [-0.2, 0) is 0 Å². The van der Waals surface area contributed by atoms with E-state index in [-0.39, 0.29) is 17.5 Å². The van der Waals surface area contributed by atoms with Crippen LogP contribution in [0.5, 0.6) is 5.75 Å². The second kappa shape index (κ2) is 6.24. The molecule has 0 aliphatic heterocycles. The maximum atomic E-state index is 13.4. The van der Waals surface area contributed by atoms with E-state index in [4.69, 9.17) is 15.9 Å². The Morgan fingerprint density at radius 2 is 2.06 bits per heavy atom. The number of hydrogen-bond acceptors (Lipinski definition) is 3. The zero-order valence-corrected chi connectivity index (χ0v) is 9.98. The zero-order chi connectivity index (χ0) is 12.8. The van der Waals surface area contributed by atoms with E-state index in [0.29, 0.717) is 5.56 Å². The zero-order valence-electron chi connectivity index (χ0n) is 9.17. The van der Waals surface area contributed by atoms with E-state index in [0.717, 1.165) is 23.9 Å². The number of hydrogen-bond donors (Lipinski definition) is 2. The summed E-state index contributed by atoms with van der Waals surface area (Å²) in [7, 11) is 0. The third kappa shape index (κ3) is 4.07. The van der Waals surface area contributed by atoms with Gasteiger partial charge >= 0.3 is 0 Å². The molecule has 6 heteroatoms. The van der Waals surface area contributed by atoms with Crippen LogP contribution in [0.3, 0.4) is 0 Å². The quantitative estimate of drug-likeness (QED) is 0.644. The summed E-state index contributed by atoms with van der Waals surface area (Å²) in [5.74, 6) is -1.87. The Morgan fingerprint density at radius 3 is 2.53 bits per heavy atom. The maximum absolute atomic E-state index is 13.4. The second-order valence-electron chi connectivity index (χ2n) is 3.03. The summed E-state index contributed by atoms with van der Waals surface area (Å²) in [6, 6.07) is 2.32. The highest BCUT2D eigenvalue weighted by atomic mass is 32.2. The van der Waals surface area contributed by atoms with Crippen molar-refractivity contribution in [3.8, 4) is 5.75 Å². The van der Waals surface area contributed by atoms with Crippen molar-refractivity contribution in [2.45, 2.75) is 6.92 Å². The van der Waals surface area contributed by atoms with E-state index in [2.05, 4.69) is 0 Å². The third-order valence-corrected chi connectivity index (χ3v) is 2.29. The van der Waals surface area contributed by atoms with Gasteiger partial charge in [0.15, 0.2) is 22.6 Å². The molecule has 0 spiro atoms. The Bertz CT molecular complexity index is 426. The van der Waals surface area contributed by atoms with Crippen molar-refractivity contribution in [1.29, 1.82) is 5.41 Å². The van der Waals surface area contributed by atoms with Crippen LogP contribution in [0.4, 0.5) is 8.78 Å². The van der Waals surface area contributed by atoms with Gasteiger partial charge in [-0.2, -0.15) is 0 Å². The van der Waals surface area contributed by atoms with Crippen LogP contribution in [0.2, 0.25) is 0 Å². The average molecular weight is 258 g/mol. The van der Waals surface area contributed by atoms with Crippen molar-refractivity contribution in [1.82, 2.24) is 0 Å². The van der Waals surface area contributed by atoms with E-state index in [1.807, 2.05) is 0 Å². The number of rotatable bonds is 4.